The fourth-order valence-electron chi connectivity index (χ4n) is 4.33. The van der Waals surface area contributed by atoms with Gasteiger partial charge < -0.3 is 10.3 Å². The maximum Gasteiger partial charge on any atom is 0.267 e. The number of aromatic nitrogens is 1. The predicted octanol–water partition coefficient (Wildman–Crippen LogP) is 3.80. The lowest BCUT2D eigenvalue weighted by Gasteiger charge is -2.22. The van der Waals surface area contributed by atoms with Crippen LogP contribution in [0.1, 0.15) is 68.3 Å². The Morgan fingerprint density at radius 2 is 1.64 bits per heavy atom. The molecule has 7 heteroatoms. The summed E-state index contributed by atoms with van der Waals surface area (Å²) in [5.74, 6) is -0.111. The van der Waals surface area contributed by atoms with Gasteiger partial charge in [0.25, 0.3) is 5.91 Å². The Kier molecular flexibility index (Phi) is 5.73. The van der Waals surface area contributed by atoms with E-state index in [1.165, 1.54) is 6.42 Å². The monoisotopic (exact) mass is 403 g/mol. The molecular weight excluding hydrogens is 374 g/mol. The van der Waals surface area contributed by atoms with Crippen LogP contribution >= 0.6 is 0 Å². The maximum atomic E-state index is 13.0. The minimum absolute atomic E-state index is 0.111. The maximum absolute atomic E-state index is 13.0. The number of amides is 1. The number of rotatable bonds is 4. The minimum atomic E-state index is -3.49. The summed E-state index contributed by atoms with van der Waals surface area (Å²) in [6, 6.07) is 7.09. The highest BCUT2D eigenvalue weighted by atomic mass is 32.2. The molecule has 6 nitrogen and oxygen atoms in total. The zero-order chi connectivity index (χ0) is 19.6. The van der Waals surface area contributed by atoms with Crippen molar-refractivity contribution in [1.82, 2.24) is 14.6 Å². The van der Waals surface area contributed by atoms with Gasteiger partial charge in [0.2, 0.25) is 10.0 Å². The van der Waals surface area contributed by atoms with E-state index in [1.54, 1.807) is 28.6 Å². The molecule has 0 bridgehead atoms. The number of benzene rings is 1. The Morgan fingerprint density at radius 1 is 0.964 bits per heavy atom. The molecular formula is C21H29N3O3S. The molecule has 2 heterocycles. The lowest BCUT2D eigenvalue weighted by atomic mass is 9.95. The highest BCUT2D eigenvalue weighted by Crippen LogP contribution is 2.25. The second kappa shape index (κ2) is 8.25. The number of fused-ring (bicyclic) bond motifs is 1. The van der Waals surface area contributed by atoms with Crippen LogP contribution in [0.5, 0.6) is 0 Å². The first-order valence-corrected chi connectivity index (χ1v) is 11.9. The van der Waals surface area contributed by atoms with Crippen molar-refractivity contribution in [3.63, 3.8) is 0 Å². The molecule has 4 rings (SSSR count). The predicted molar refractivity (Wildman–Crippen MR) is 110 cm³/mol. The molecule has 2 fully saturated rings. The molecule has 152 valence electrons. The molecule has 1 saturated carbocycles. The summed E-state index contributed by atoms with van der Waals surface area (Å²) in [4.78, 5) is 16.0. The van der Waals surface area contributed by atoms with E-state index in [0.29, 0.717) is 23.7 Å². The van der Waals surface area contributed by atoms with Gasteiger partial charge in [0, 0.05) is 30.0 Å². The molecule has 1 aromatic heterocycles. The van der Waals surface area contributed by atoms with Crippen molar-refractivity contribution in [3.8, 4) is 0 Å². The van der Waals surface area contributed by atoms with Crippen LogP contribution in [0.4, 0.5) is 0 Å². The van der Waals surface area contributed by atoms with Crippen molar-refractivity contribution >= 4 is 26.8 Å². The number of hydrogen-bond donors (Lipinski definition) is 2. The van der Waals surface area contributed by atoms with Crippen molar-refractivity contribution < 1.29 is 13.2 Å². The molecule has 2 aliphatic rings. The number of hydrogen-bond acceptors (Lipinski definition) is 3. The number of aromatic amines is 1. The van der Waals surface area contributed by atoms with Crippen molar-refractivity contribution in [2.75, 3.05) is 13.1 Å². The van der Waals surface area contributed by atoms with Gasteiger partial charge in [0.15, 0.2) is 0 Å². The fourth-order valence-corrected chi connectivity index (χ4v) is 5.89. The molecule has 0 spiro atoms. The molecule has 2 N–H and O–H groups in total. The molecule has 1 aromatic carbocycles. The normalized spacial score (nSPS) is 20.1. The minimum Gasteiger partial charge on any atom is -0.351 e. The van der Waals surface area contributed by atoms with E-state index in [1.807, 2.05) is 0 Å². The Labute approximate surface area is 166 Å². The fraction of sp³-hybridized carbons (Fsp3) is 0.571. The van der Waals surface area contributed by atoms with Crippen LogP contribution < -0.4 is 5.32 Å². The number of carbonyl (C=O) groups excluding carboxylic acids is 1. The Morgan fingerprint density at radius 3 is 2.36 bits per heavy atom. The van der Waals surface area contributed by atoms with Crippen molar-refractivity contribution in [3.05, 3.63) is 30.0 Å². The second-order valence-electron chi connectivity index (χ2n) is 8.06. The first kappa shape index (κ1) is 19.5. The van der Waals surface area contributed by atoms with E-state index >= 15 is 0 Å². The first-order chi connectivity index (χ1) is 13.5. The molecule has 0 atom stereocenters. The number of nitrogens with one attached hydrogen (secondary N) is 2. The molecule has 28 heavy (non-hydrogen) atoms. The average Bonchev–Trinajstić information content (AvgIpc) is 2.93. The largest absolute Gasteiger partial charge is 0.351 e. The summed E-state index contributed by atoms with van der Waals surface area (Å²) in [6.45, 7) is 1.17. The molecule has 2 aromatic rings. The van der Waals surface area contributed by atoms with Gasteiger partial charge in [-0.15, -0.1) is 0 Å². The SMILES string of the molecule is O=C(NC1CCCCC1)c1cc2cc(S(=O)(=O)N3CCCCCC3)ccc2[nH]1. The zero-order valence-corrected chi connectivity index (χ0v) is 17.1. The molecule has 1 saturated heterocycles. The third-order valence-electron chi connectivity index (χ3n) is 5.98. The number of sulfonamides is 1. The quantitative estimate of drug-likeness (QED) is 0.815. The van der Waals surface area contributed by atoms with E-state index in [0.717, 1.165) is 62.3 Å². The van der Waals surface area contributed by atoms with Gasteiger partial charge >= 0.3 is 0 Å². The first-order valence-electron chi connectivity index (χ1n) is 10.5. The Balaban J connectivity index is 1.55. The summed E-state index contributed by atoms with van der Waals surface area (Å²) in [7, 11) is -3.49. The number of H-pyrrole nitrogens is 1. The third-order valence-corrected chi connectivity index (χ3v) is 7.87. The van der Waals surface area contributed by atoms with Crippen molar-refractivity contribution in [2.24, 2.45) is 0 Å². The molecule has 0 radical (unpaired) electrons. The summed E-state index contributed by atoms with van der Waals surface area (Å²) in [5, 5.41) is 3.86. The van der Waals surface area contributed by atoms with Crippen LogP contribution in [-0.4, -0.2) is 42.7 Å². The summed E-state index contributed by atoms with van der Waals surface area (Å²) in [5.41, 5.74) is 1.27. The molecule has 0 unspecified atom stereocenters. The van der Waals surface area contributed by atoms with Crippen LogP contribution in [-0.2, 0) is 10.0 Å². The van der Waals surface area contributed by atoms with E-state index in [9.17, 15) is 13.2 Å². The lowest BCUT2D eigenvalue weighted by molar-refractivity contribution is 0.0923. The summed E-state index contributed by atoms with van der Waals surface area (Å²) in [6.07, 6.45) is 9.63. The van der Waals surface area contributed by atoms with Gasteiger partial charge in [0.05, 0.1) is 4.90 Å². The summed E-state index contributed by atoms with van der Waals surface area (Å²) >= 11 is 0. The molecule has 1 aliphatic carbocycles. The van der Waals surface area contributed by atoms with Gasteiger partial charge in [-0.2, -0.15) is 4.31 Å². The van der Waals surface area contributed by atoms with Crippen LogP contribution in [0.2, 0.25) is 0 Å². The zero-order valence-electron chi connectivity index (χ0n) is 16.2. The summed E-state index contributed by atoms with van der Waals surface area (Å²) < 4.78 is 27.6. The van der Waals surface area contributed by atoms with Gasteiger partial charge in [0.1, 0.15) is 5.69 Å². The topological polar surface area (TPSA) is 82.3 Å². The Hall–Kier alpha value is -1.86. The second-order valence-corrected chi connectivity index (χ2v) is 10.00. The van der Waals surface area contributed by atoms with E-state index in [2.05, 4.69) is 10.3 Å². The lowest BCUT2D eigenvalue weighted by Crippen LogP contribution is -2.36. The van der Waals surface area contributed by atoms with Crippen molar-refractivity contribution in [1.29, 1.82) is 0 Å². The third kappa shape index (κ3) is 4.10. The standard InChI is InChI=1S/C21H29N3O3S/c25-21(22-17-8-4-3-5-9-17)20-15-16-14-18(10-11-19(16)23-20)28(26,27)24-12-6-1-2-7-13-24/h10-11,14-15,17,23H,1-9,12-13H2,(H,22,25). The van der Waals surface area contributed by atoms with Gasteiger partial charge in [-0.3, -0.25) is 4.79 Å². The van der Waals surface area contributed by atoms with Crippen LogP contribution in [0.3, 0.4) is 0 Å². The Bertz CT molecular complexity index is 937. The average molecular weight is 404 g/mol. The van der Waals surface area contributed by atoms with Gasteiger partial charge in [-0.05, 0) is 49.9 Å². The highest BCUT2D eigenvalue weighted by molar-refractivity contribution is 7.89. The van der Waals surface area contributed by atoms with E-state index in [-0.39, 0.29) is 11.9 Å². The molecule has 1 aliphatic heterocycles. The van der Waals surface area contributed by atoms with Gasteiger partial charge in [-0.25, -0.2) is 8.42 Å². The van der Waals surface area contributed by atoms with E-state index < -0.39 is 10.0 Å². The van der Waals surface area contributed by atoms with Crippen LogP contribution in [0.15, 0.2) is 29.2 Å². The number of nitrogens with zero attached hydrogens (tertiary/aromatic N) is 1. The number of carbonyl (C=O) groups is 1. The smallest absolute Gasteiger partial charge is 0.267 e. The van der Waals surface area contributed by atoms with Crippen LogP contribution in [0, 0.1) is 0 Å². The van der Waals surface area contributed by atoms with Crippen molar-refractivity contribution in [2.45, 2.75) is 68.7 Å². The van der Waals surface area contributed by atoms with Gasteiger partial charge in [-0.1, -0.05) is 32.1 Å². The molecule has 1 amide bonds. The van der Waals surface area contributed by atoms with Crippen LogP contribution in [0.25, 0.3) is 10.9 Å². The van der Waals surface area contributed by atoms with E-state index in [4.69, 9.17) is 0 Å². The highest BCUT2D eigenvalue weighted by Gasteiger charge is 2.26.